The minimum atomic E-state index is -0.250. The number of nitrogens with zero attached hydrogens (tertiary/aromatic N) is 1. The second-order valence-corrected chi connectivity index (χ2v) is 5.74. The Labute approximate surface area is 127 Å². The van der Waals surface area contributed by atoms with E-state index in [4.69, 9.17) is 5.73 Å². The molecule has 1 amide bonds. The Bertz CT molecular complexity index is 624. The molecule has 6 heteroatoms. The molecule has 1 aromatic carbocycles. The van der Waals surface area contributed by atoms with Gasteiger partial charge < -0.3 is 16.0 Å². The molecule has 0 atom stereocenters. The summed E-state index contributed by atoms with van der Waals surface area (Å²) in [5, 5.41) is 3.64. The van der Waals surface area contributed by atoms with Crippen molar-refractivity contribution in [3.8, 4) is 0 Å². The lowest BCUT2D eigenvalue weighted by atomic mass is 10.2. The van der Waals surface area contributed by atoms with Crippen molar-refractivity contribution in [1.29, 1.82) is 0 Å². The van der Waals surface area contributed by atoms with E-state index in [9.17, 15) is 9.18 Å². The molecule has 3 N–H and O–H groups in total. The standard InChI is InChI=1S/C15H18FN3OS/c1-3-18-15(20)14-12(17)8-13(21-14)19(2)9-10-4-6-11(16)7-5-10/h4-8H,3,9,17H2,1-2H3,(H,18,20). The van der Waals surface area contributed by atoms with E-state index in [-0.39, 0.29) is 11.7 Å². The van der Waals surface area contributed by atoms with Crippen molar-refractivity contribution in [2.24, 2.45) is 0 Å². The highest BCUT2D eigenvalue weighted by atomic mass is 32.1. The summed E-state index contributed by atoms with van der Waals surface area (Å²) in [6, 6.07) is 8.15. The predicted octanol–water partition coefficient (Wildman–Crippen LogP) is 2.86. The number of hydrogen-bond acceptors (Lipinski definition) is 4. The first-order valence-corrected chi connectivity index (χ1v) is 7.46. The minimum absolute atomic E-state index is 0.151. The zero-order chi connectivity index (χ0) is 15.4. The van der Waals surface area contributed by atoms with Crippen LogP contribution in [-0.4, -0.2) is 19.5 Å². The second-order valence-electron chi connectivity index (χ2n) is 4.71. The zero-order valence-corrected chi connectivity index (χ0v) is 12.8. The topological polar surface area (TPSA) is 58.4 Å². The number of anilines is 2. The van der Waals surface area contributed by atoms with Gasteiger partial charge in [-0.1, -0.05) is 12.1 Å². The van der Waals surface area contributed by atoms with E-state index in [0.29, 0.717) is 23.7 Å². The number of benzene rings is 1. The van der Waals surface area contributed by atoms with E-state index in [1.807, 2.05) is 18.9 Å². The Hall–Kier alpha value is -2.08. The summed E-state index contributed by atoms with van der Waals surface area (Å²) in [4.78, 5) is 14.4. The molecule has 112 valence electrons. The van der Waals surface area contributed by atoms with Crippen molar-refractivity contribution in [3.05, 3.63) is 46.6 Å². The van der Waals surface area contributed by atoms with Crippen LogP contribution in [0.15, 0.2) is 30.3 Å². The van der Waals surface area contributed by atoms with Crippen LogP contribution in [-0.2, 0) is 6.54 Å². The van der Waals surface area contributed by atoms with Crippen molar-refractivity contribution in [2.75, 3.05) is 24.2 Å². The molecule has 21 heavy (non-hydrogen) atoms. The molecule has 0 aliphatic carbocycles. The number of amides is 1. The van der Waals surface area contributed by atoms with Crippen LogP contribution in [0.1, 0.15) is 22.2 Å². The van der Waals surface area contributed by atoms with Crippen molar-refractivity contribution in [1.82, 2.24) is 5.32 Å². The number of hydrogen-bond donors (Lipinski definition) is 2. The van der Waals surface area contributed by atoms with Gasteiger partial charge in [0.05, 0.1) is 10.7 Å². The third-order valence-electron chi connectivity index (χ3n) is 3.00. The van der Waals surface area contributed by atoms with Gasteiger partial charge in [-0.3, -0.25) is 4.79 Å². The van der Waals surface area contributed by atoms with E-state index in [0.717, 1.165) is 10.6 Å². The molecule has 0 saturated carbocycles. The Morgan fingerprint density at radius 2 is 2.05 bits per heavy atom. The number of nitrogens with two attached hydrogens (primary N) is 1. The van der Waals surface area contributed by atoms with Gasteiger partial charge in [0.25, 0.3) is 5.91 Å². The summed E-state index contributed by atoms with van der Waals surface area (Å²) in [5.74, 6) is -0.401. The number of rotatable bonds is 5. The maximum absolute atomic E-state index is 12.9. The normalized spacial score (nSPS) is 10.4. The number of carbonyl (C=O) groups excluding carboxylic acids is 1. The van der Waals surface area contributed by atoms with Crippen molar-refractivity contribution >= 4 is 27.9 Å². The molecule has 1 aromatic heterocycles. The molecule has 4 nitrogen and oxygen atoms in total. The second kappa shape index (κ2) is 6.58. The molecule has 0 spiro atoms. The maximum atomic E-state index is 12.9. The fourth-order valence-electron chi connectivity index (χ4n) is 1.94. The molecule has 0 unspecified atom stereocenters. The largest absolute Gasteiger partial charge is 0.397 e. The molecule has 0 bridgehead atoms. The Kier molecular flexibility index (Phi) is 4.80. The first-order valence-electron chi connectivity index (χ1n) is 6.64. The quantitative estimate of drug-likeness (QED) is 0.893. The summed E-state index contributed by atoms with van der Waals surface area (Å²) in [7, 11) is 1.91. The fourth-order valence-corrected chi connectivity index (χ4v) is 2.90. The molecule has 1 heterocycles. The SMILES string of the molecule is CCNC(=O)c1sc(N(C)Cc2ccc(F)cc2)cc1N. The highest BCUT2D eigenvalue weighted by Crippen LogP contribution is 2.32. The zero-order valence-electron chi connectivity index (χ0n) is 12.0. The van der Waals surface area contributed by atoms with Crippen LogP contribution in [0.2, 0.25) is 0 Å². The van der Waals surface area contributed by atoms with Crippen LogP contribution in [0.3, 0.4) is 0 Å². The molecular formula is C15H18FN3OS. The summed E-state index contributed by atoms with van der Waals surface area (Å²) < 4.78 is 12.9. The fraction of sp³-hybridized carbons (Fsp3) is 0.267. The smallest absolute Gasteiger partial charge is 0.263 e. The van der Waals surface area contributed by atoms with Crippen LogP contribution >= 0.6 is 11.3 Å². The summed E-state index contributed by atoms with van der Waals surface area (Å²) in [6.07, 6.45) is 0. The number of carbonyl (C=O) groups is 1. The van der Waals surface area contributed by atoms with Gasteiger partial charge >= 0.3 is 0 Å². The lowest BCUT2D eigenvalue weighted by molar-refractivity contribution is 0.0960. The van der Waals surface area contributed by atoms with Gasteiger partial charge in [-0.15, -0.1) is 11.3 Å². The van der Waals surface area contributed by atoms with Gasteiger partial charge in [-0.2, -0.15) is 0 Å². The Morgan fingerprint density at radius 1 is 1.38 bits per heavy atom. The molecule has 0 fully saturated rings. The van der Waals surface area contributed by atoms with E-state index in [1.54, 1.807) is 18.2 Å². The highest BCUT2D eigenvalue weighted by molar-refractivity contribution is 7.18. The van der Waals surface area contributed by atoms with E-state index in [1.165, 1.54) is 23.5 Å². The Morgan fingerprint density at radius 3 is 2.67 bits per heavy atom. The summed E-state index contributed by atoms with van der Waals surface area (Å²) in [5.41, 5.74) is 7.37. The van der Waals surface area contributed by atoms with Crippen LogP contribution in [0.4, 0.5) is 15.1 Å². The van der Waals surface area contributed by atoms with Crippen LogP contribution < -0.4 is 16.0 Å². The number of nitrogen functional groups attached to an aromatic ring is 1. The van der Waals surface area contributed by atoms with Gasteiger partial charge in [0.1, 0.15) is 10.7 Å². The van der Waals surface area contributed by atoms with E-state index >= 15 is 0 Å². The molecule has 0 radical (unpaired) electrons. The van der Waals surface area contributed by atoms with Crippen molar-refractivity contribution in [2.45, 2.75) is 13.5 Å². The molecule has 0 aliphatic rings. The predicted molar refractivity (Wildman–Crippen MR) is 85.2 cm³/mol. The molecular weight excluding hydrogens is 289 g/mol. The highest BCUT2D eigenvalue weighted by Gasteiger charge is 2.15. The lowest BCUT2D eigenvalue weighted by Gasteiger charge is -2.16. The van der Waals surface area contributed by atoms with Crippen LogP contribution in [0, 0.1) is 5.82 Å². The summed E-state index contributed by atoms with van der Waals surface area (Å²) in [6.45, 7) is 3.05. The van der Waals surface area contributed by atoms with Crippen LogP contribution in [0.25, 0.3) is 0 Å². The molecule has 2 rings (SSSR count). The average molecular weight is 307 g/mol. The number of nitrogens with one attached hydrogen (secondary N) is 1. The van der Waals surface area contributed by atoms with Crippen molar-refractivity contribution in [3.63, 3.8) is 0 Å². The monoisotopic (exact) mass is 307 g/mol. The molecule has 0 aliphatic heterocycles. The van der Waals surface area contributed by atoms with Gasteiger partial charge in [-0.05, 0) is 30.7 Å². The third kappa shape index (κ3) is 3.72. The maximum Gasteiger partial charge on any atom is 0.263 e. The Balaban J connectivity index is 2.12. The van der Waals surface area contributed by atoms with Crippen LogP contribution in [0.5, 0.6) is 0 Å². The first-order chi connectivity index (χ1) is 10.0. The average Bonchev–Trinajstić information content (AvgIpc) is 2.84. The van der Waals surface area contributed by atoms with E-state index < -0.39 is 0 Å². The summed E-state index contributed by atoms with van der Waals surface area (Å²) >= 11 is 1.35. The van der Waals surface area contributed by atoms with E-state index in [2.05, 4.69) is 5.32 Å². The minimum Gasteiger partial charge on any atom is -0.397 e. The lowest BCUT2D eigenvalue weighted by Crippen LogP contribution is -2.22. The number of halogens is 1. The number of thiophene rings is 1. The van der Waals surface area contributed by atoms with Crippen molar-refractivity contribution < 1.29 is 9.18 Å². The first kappa shape index (κ1) is 15.3. The third-order valence-corrected chi connectivity index (χ3v) is 4.26. The molecule has 0 saturated heterocycles. The van der Waals surface area contributed by atoms with Gasteiger partial charge in [-0.25, -0.2) is 4.39 Å². The van der Waals surface area contributed by atoms with Gasteiger partial charge in [0, 0.05) is 20.1 Å². The van der Waals surface area contributed by atoms with Gasteiger partial charge in [0.2, 0.25) is 0 Å². The van der Waals surface area contributed by atoms with Gasteiger partial charge in [0.15, 0.2) is 0 Å². The molecule has 2 aromatic rings.